The molecule has 1 saturated carbocycles. The lowest BCUT2D eigenvalue weighted by Crippen LogP contribution is -2.46. The van der Waals surface area contributed by atoms with Crippen molar-refractivity contribution in [1.29, 1.82) is 0 Å². The van der Waals surface area contributed by atoms with Crippen LogP contribution in [0.2, 0.25) is 0 Å². The van der Waals surface area contributed by atoms with E-state index in [4.69, 9.17) is 12.2 Å². The second-order valence-corrected chi connectivity index (χ2v) is 5.54. The molecule has 2 N–H and O–H groups in total. The molecule has 2 fully saturated rings. The molecule has 1 aliphatic heterocycles. The van der Waals surface area contributed by atoms with Gasteiger partial charge >= 0.3 is 0 Å². The van der Waals surface area contributed by atoms with Crippen LogP contribution in [0, 0.1) is 18.3 Å². The Hall–Kier alpha value is -1.05. The van der Waals surface area contributed by atoms with Crippen LogP contribution in [0.15, 0.2) is 0 Å². The number of rotatable bonds is 5. The summed E-state index contributed by atoms with van der Waals surface area (Å²) in [5.74, 6) is 3.46. The van der Waals surface area contributed by atoms with Crippen LogP contribution in [0.3, 0.4) is 0 Å². The Labute approximate surface area is 109 Å². The largest absolute Gasteiger partial charge is 0.330 e. The number of likely N-dealkylation sites (tertiary alicyclic amines) is 1. The highest BCUT2D eigenvalue weighted by Gasteiger charge is 2.27. The zero-order valence-corrected chi connectivity index (χ0v) is 11.0. The SMILES string of the molecule is C#CCN(CC1CC1)C(=O)CN1CCC(N)CC1. The fraction of sp³-hybridized carbons (Fsp3) is 0.786. The van der Waals surface area contributed by atoms with Crippen molar-refractivity contribution in [3.05, 3.63) is 0 Å². The molecule has 2 aliphatic rings. The van der Waals surface area contributed by atoms with Crippen molar-refractivity contribution < 1.29 is 4.79 Å². The van der Waals surface area contributed by atoms with E-state index in [-0.39, 0.29) is 5.91 Å². The molecular formula is C14H23N3O. The van der Waals surface area contributed by atoms with E-state index < -0.39 is 0 Å². The van der Waals surface area contributed by atoms with Crippen molar-refractivity contribution in [1.82, 2.24) is 9.80 Å². The van der Waals surface area contributed by atoms with Crippen molar-refractivity contribution in [2.45, 2.75) is 31.7 Å². The predicted octanol–water partition coefficient (Wildman–Crippen LogP) is 0.281. The van der Waals surface area contributed by atoms with E-state index >= 15 is 0 Å². The maximum atomic E-state index is 12.2. The summed E-state index contributed by atoms with van der Waals surface area (Å²) >= 11 is 0. The first-order valence-electron chi connectivity index (χ1n) is 6.88. The third kappa shape index (κ3) is 4.01. The van der Waals surface area contributed by atoms with E-state index in [0.29, 0.717) is 25.0 Å². The molecule has 100 valence electrons. The highest BCUT2D eigenvalue weighted by atomic mass is 16.2. The molecule has 0 bridgehead atoms. The van der Waals surface area contributed by atoms with E-state index in [1.807, 2.05) is 4.90 Å². The highest BCUT2D eigenvalue weighted by molar-refractivity contribution is 5.78. The monoisotopic (exact) mass is 249 g/mol. The van der Waals surface area contributed by atoms with Crippen LogP contribution in [0.5, 0.6) is 0 Å². The summed E-state index contributed by atoms with van der Waals surface area (Å²) in [7, 11) is 0. The Balaban J connectivity index is 1.78. The number of terminal acetylenes is 1. The Morgan fingerprint density at radius 1 is 1.33 bits per heavy atom. The molecule has 0 spiro atoms. The number of nitrogens with two attached hydrogens (primary N) is 1. The summed E-state index contributed by atoms with van der Waals surface area (Å²) in [5, 5.41) is 0. The lowest BCUT2D eigenvalue weighted by Gasteiger charge is -2.31. The van der Waals surface area contributed by atoms with Crippen molar-refractivity contribution in [3.63, 3.8) is 0 Å². The molecule has 0 unspecified atom stereocenters. The van der Waals surface area contributed by atoms with Gasteiger partial charge in [0.1, 0.15) is 0 Å². The van der Waals surface area contributed by atoms with Gasteiger partial charge in [-0.3, -0.25) is 9.69 Å². The zero-order chi connectivity index (χ0) is 13.0. The van der Waals surface area contributed by atoms with E-state index in [2.05, 4.69) is 10.8 Å². The summed E-state index contributed by atoms with van der Waals surface area (Å²) in [5.41, 5.74) is 5.86. The van der Waals surface area contributed by atoms with Crippen LogP contribution < -0.4 is 5.73 Å². The first-order valence-corrected chi connectivity index (χ1v) is 6.88. The summed E-state index contributed by atoms with van der Waals surface area (Å²) in [4.78, 5) is 16.2. The Morgan fingerprint density at radius 2 is 2.00 bits per heavy atom. The van der Waals surface area contributed by atoms with Crippen LogP contribution in [0.1, 0.15) is 25.7 Å². The molecule has 1 saturated heterocycles. The molecule has 4 heteroatoms. The summed E-state index contributed by atoms with van der Waals surface area (Å²) in [6, 6.07) is 0.310. The third-order valence-corrected chi connectivity index (χ3v) is 3.80. The van der Waals surface area contributed by atoms with Gasteiger partial charge in [0.25, 0.3) is 0 Å². The molecule has 4 nitrogen and oxygen atoms in total. The molecule has 0 aromatic heterocycles. The minimum atomic E-state index is 0.176. The topological polar surface area (TPSA) is 49.6 Å². The van der Waals surface area contributed by atoms with Crippen LogP contribution >= 0.6 is 0 Å². The number of hydrogen-bond acceptors (Lipinski definition) is 3. The van der Waals surface area contributed by atoms with Gasteiger partial charge in [0.2, 0.25) is 5.91 Å². The van der Waals surface area contributed by atoms with Gasteiger partial charge in [-0.15, -0.1) is 6.42 Å². The third-order valence-electron chi connectivity index (χ3n) is 3.80. The smallest absolute Gasteiger partial charge is 0.237 e. The van der Waals surface area contributed by atoms with Gasteiger partial charge in [-0.1, -0.05) is 5.92 Å². The van der Waals surface area contributed by atoms with Crippen molar-refractivity contribution in [2.75, 3.05) is 32.7 Å². The van der Waals surface area contributed by atoms with Gasteiger partial charge in [0, 0.05) is 25.7 Å². The molecule has 0 aromatic rings. The van der Waals surface area contributed by atoms with Crippen LogP contribution in [-0.4, -0.2) is 54.5 Å². The molecule has 2 rings (SSSR count). The van der Waals surface area contributed by atoms with Crippen LogP contribution in [0.4, 0.5) is 0 Å². The average molecular weight is 249 g/mol. The lowest BCUT2D eigenvalue weighted by atomic mass is 10.1. The maximum Gasteiger partial charge on any atom is 0.237 e. The Bertz CT molecular complexity index is 324. The van der Waals surface area contributed by atoms with Crippen molar-refractivity contribution in [3.8, 4) is 12.3 Å². The van der Waals surface area contributed by atoms with Gasteiger partial charge in [-0.2, -0.15) is 0 Å². The summed E-state index contributed by atoms with van der Waals surface area (Å²) < 4.78 is 0. The minimum absolute atomic E-state index is 0.176. The molecule has 0 atom stereocenters. The first kappa shape index (κ1) is 13.4. The second kappa shape index (κ2) is 6.21. The number of hydrogen-bond donors (Lipinski definition) is 1. The minimum Gasteiger partial charge on any atom is -0.330 e. The maximum absolute atomic E-state index is 12.2. The predicted molar refractivity (Wildman–Crippen MR) is 71.8 cm³/mol. The standard InChI is InChI=1S/C14H23N3O/c1-2-7-17(10-12-3-4-12)14(18)11-16-8-5-13(15)6-9-16/h1,12-13H,3-11,15H2. The number of nitrogens with zero attached hydrogens (tertiary/aromatic N) is 2. The lowest BCUT2D eigenvalue weighted by molar-refractivity contribution is -0.132. The van der Waals surface area contributed by atoms with E-state index in [9.17, 15) is 4.79 Å². The molecule has 18 heavy (non-hydrogen) atoms. The zero-order valence-electron chi connectivity index (χ0n) is 11.0. The van der Waals surface area contributed by atoms with Crippen LogP contribution in [0.25, 0.3) is 0 Å². The van der Waals surface area contributed by atoms with Gasteiger partial charge in [-0.05, 0) is 31.6 Å². The molecule has 1 heterocycles. The Morgan fingerprint density at radius 3 is 2.56 bits per heavy atom. The first-order chi connectivity index (χ1) is 8.69. The molecule has 1 amide bonds. The number of amides is 1. The van der Waals surface area contributed by atoms with E-state index in [1.54, 1.807) is 0 Å². The molecule has 0 radical (unpaired) electrons. The molecule has 1 aliphatic carbocycles. The summed E-state index contributed by atoms with van der Waals surface area (Å²) in [6.45, 7) is 3.65. The van der Waals surface area contributed by atoms with Gasteiger partial charge in [0.05, 0.1) is 13.1 Å². The van der Waals surface area contributed by atoms with E-state index in [1.165, 1.54) is 12.8 Å². The van der Waals surface area contributed by atoms with E-state index in [0.717, 1.165) is 32.5 Å². The normalized spacial score (nSPS) is 21.6. The van der Waals surface area contributed by atoms with Gasteiger partial charge in [0.15, 0.2) is 0 Å². The highest BCUT2D eigenvalue weighted by Crippen LogP contribution is 2.29. The summed E-state index contributed by atoms with van der Waals surface area (Å²) in [6.07, 6.45) is 9.81. The van der Waals surface area contributed by atoms with Crippen LogP contribution in [-0.2, 0) is 4.79 Å². The number of piperidine rings is 1. The molecular weight excluding hydrogens is 226 g/mol. The fourth-order valence-corrected chi connectivity index (χ4v) is 2.38. The van der Waals surface area contributed by atoms with Gasteiger partial charge < -0.3 is 10.6 Å². The van der Waals surface area contributed by atoms with Crippen molar-refractivity contribution in [2.24, 2.45) is 11.7 Å². The Kier molecular flexibility index (Phi) is 4.62. The second-order valence-electron chi connectivity index (χ2n) is 5.54. The average Bonchev–Trinajstić information content (AvgIpc) is 3.15. The quantitative estimate of drug-likeness (QED) is 0.712. The molecule has 0 aromatic carbocycles. The number of carbonyl (C=O) groups is 1. The fourth-order valence-electron chi connectivity index (χ4n) is 2.38. The van der Waals surface area contributed by atoms with Gasteiger partial charge in [-0.25, -0.2) is 0 Å². The number of carbonyl (C=O) groups excluding carboxylic acids is 1. The van der Waals surface area contributed by atoms with Crippen molar-refractivity contribution >= 4 is 5.91 Å².